The fourth-order valence-corrected chi connectivity index (χ4v) is 4.44. The number of hydrogen-bond donors (Lipinski definition) is 3. The van der Waals surface area contributed by atoms with Crippen molar-refractivity contribution in [1.82, 2.24) is 30.1 Å². The van der Waals surface area contributed by atoms with E-state index >= 15 is 0 Å². The third kappa shape index (κ3) is 4.47. The van der Waals surface area contributed by atoms with Crippen LogP contribution in [0.25, 0.3) is 55.7 Å². The number of fused-ring (bicyclic) bond motifs is 2. The smallest absolute Gasteiger partial charge is 0.224 e. The summed E-state index contributed by atoms with van der Waals surface area (Å²) >= 11 is 0. The number of carbonyl (C=O) groups is 1. The van der Waals surface area contributed by atoms with Crippen LogP contribution in [0.1, 0.15) is 27.2 Å². The van der Waals surface area contributed by atoms with Gasteiger partial charge < -0.3 is 14.7 Å². The normalized spacial score (nSPS) is 11.9. The van der Waals surface area contributed by atoms with Gasteiger partial charge in [0.25, 0.3) is 0 Å². The lowest BCUT2D eigenvalue weighted by Gasteiger charge is -2.17. The van der Waals surface area contributed by atoms with Crippen molar-refractivity contribution in [2.75, 3.05) is 5.32 Å². The Labute approximate surface area is 212 Å². The van der Waals surface area contributed by atoms with Crippen LogP contribution < -0.4 is 5.32 Å². The lowest BCUT2D eigenvalue weighted by molar-refractivity contribution is -0.117. The van der Waals surface area contributed by atoms with E-state index in [4.69, 9.17) is 4.42 Å². The van der Waals surface area contributed by atoms with E-state index in [1.54, 1.807) is 37.3 Å². The fraction of sp³-hybridized carbons (Fsp3) is 0.179. The number of furan rings is 1. The van der Waals surface area contributed by atoms with Gasteiger partial charge in [-0.25, -0.2) is 4.98 Å². The van der Waals surface area contributed by atoms with Crippen molar-refractivity contribution in [3.8, 4) is 33.8 Å². The number of hydrogen-bond acceptors (Lipinski definition) is 6. The van der Waals surface area contributed by atoms with Crippen LogP contribution in [0.15, 0.2) is 72.1 Å². The van der Waals surface area contributed by atoms with E-state index in [2.05, 4.69) is 35.5 Å². The van der Waals surface area contributed by atoms with Crippen LogP contribution in [0, 0.1) is 5.41 Å². The zero-order valence-electron chi connectivity index (χ0n) is 20.7. The average molecular weight is 492 g/mol. The Morgan fingerprint density at radius 2 is 1.92 bits per heavy atom. The Kier molecular flexibility index (Phi) is 5.33. The van der Waals surface area contributed by atoms with E-state index in [-0.39, 0.29) is 11.3 Å². The molecule has 0 radical (unpaired) electrons. The highest BCUT2D eigenvalue weighted by Crippen LogP contribution is 2.34. The zero-order valence-corrected chi connectivity index (χ0v) is 20.7. The monoisotopic (exact) mass is 491 g/mol. The summed E-state index contributed by atoms with van der Waals surface area (Å²) in [6, 6.07) is 9.80. The molecule has 0 unspecified atom stereocenters. The predicted molar refractivity (Wildman–Crippen MR) is 143 cm³/mol. The molecule has 0 saturated carbocycles. The first kappa shape index (κ1) is 22.7. The van der Waals surface area contributed by atoms with E-state index < -0.39 is 0 Å². The van der Waals surface area contributed by atoms with Gasteiger partial charge in [-0.15, -0.1) is 0 Å². The van der Waals surface area contributed by atoms with Crippen LogP contribution >= 0.6 is 0 Å². The molecule has 0 saturated heterocycles. The number of aromatic amines is 2. The number of anilines is 1. The summed E-state index contributed by atoms with van der Waals surface area (Å²) < 4.78 is 5.28. The molecule has 6 aromatic heterocycles. The minimum absolute atomic E-state index is 0.0470. The van der Waals surface area contributed by atoms with Crippen LogP contribution in [-0.4, -0.2) is 36.0 Å². The summed E-state index contributed by atoms with van der Waals surface area (Å²) in [5, 5.41) is 12.5. The van der Waals surface area contributed by atoms with Gasteiger partial charge >= 0.3 is 0 Å². The summed E-state index contributed by atoms with van der Waals surface area (Å²) in [6.45, 7) is 6.10. The molecule has 0 aromatic carbocycles. The van der Waals surface area contributed by atoms with Crippen LogP contribution in [0.4, 0.5) is 5.69 Å². The molecule has 0 fully saturated rings. The summed E-state index contributed by atoms with van der Waals surface area (Å²) in [6.07, 6.45) is 10.7. The highest BCUT2D eigenvalue weighted by atomic mass is 16.3. The van der Waals surface area contributed by atoms with E-state index in [0.29, 0.717) is 12.1 Å². The quantitative estimate of drug-likeness (QED) is 0.264. The van der Waals surface area contributed by atoms with E-state index in [1.807, 2.05) is 51.1 Å². The Hall–Kier alpha value is -4.79. The molecule has 9 heteroatoms. The molecular weight excluding hydrogens is 466 g/mol. The molecule has 37 heavy (non-hydrogen) atoms. The largest absolute Gasteiger partial charge is 0.472 e. The van der Waals surface area contributed by atoms with Crippen LogP contribution in [0.2, 0.25) is 0 Å². The maximum atomic E-state index is 12.4. The molecule has 0 aliphatic carbocycles. The van der Waals surface area contributed by atoms with E-state index in [1.165, 1.54) is 0 Å². The van der Waals surface area contributed by atoms with Crippen molar-refractivity contribution < 1.29 is 9.21 Å². The van der Waals surface area contributed by atoms with Crippen molar-refractivity contribution in [3.05, 3.63) is 67.6 Å². The number of rotatable bonds is 5. The summed E-state index contributed by atoms with van der Waals surface area (Å²) in [5.41, 5.74) is 7.24. The number of H-pyrrole nitrogens is 2. The second kappa shape index (κ2) is 8.70. The molecule has 0 aliphatic heterocycles. The first-order chi connectivity index (χ1) is 17.8. The van der Waals surface area contributed by atoms with Gasteiger partial charge in [-0.3, -0.25) is 19.9 Å². The molecule has 3 N–H and O–H groups in total. The Balaban J connectivity index is 1.36. The Morgan fingerprint density at radius 1 is 1.03 bits per heavy atom. The van der Waals surface area contributed by atoms with Crippen molar-refractivity contribution >= 4 is 33.5 Å². The average Bonchev–Trinajstić information content (AvgIpc) is 3.61. The zero-order chi connectivity index (χ0) is 25.6. The van der Waals surface area contributed by atoms with Gasteiger partial charge in [0.05, 0.1) is 47.5 Å². The number of nitrogens with one attached hydrogen (secondary N) is 3. The first-order valence-electron chi connectivity index (χ1n) is 11.9. The fourth-order valence-electron chi connectivity index (χ4n) is 4.44. The molecule has 0 aliphatic rings. The molecule has 6 heterocycles. The molecule has 184 valence electrons. The third-order valence-corrected chi connectivity index (χ3v) is 6.08. The number of carbonyl (C=O) groups excluding carboxylic acids is 1. The Morgan fingerprint density at radius 3 is 2.73 bits per heavy atom. The van der Waals surface area contributed by atoms with Crippen LogP contribution in [0.5, 0.6) is 0 Å². The number of aromatic nitrogens is 6. The SMILES string of the molecule is CC(C)(C)CC(=O)Nc1cncc(-c2cc3c(-c4cc5c(-c6ccoc6)ccnc5[nH]4)n[nH]c3cn2)c1. The molecule has 1 amide bonds. The molecule has 0 spiro atoms. The summed E-state index contributed by atoms with van der Waals surface area (Å²) in [4.78, 5) is 29.2. The molecule has 0 atom stereocenters. The second-order valence-electron chi connectivity index (χ2n) is 10.3. The number of nitrogens with zero attached hydrogens (tertiary/aromatic N) is 4. The van der Waals surface area contributed by atoms with E-state index in [9.17, 15) is 4.79 Å². The molecule has 9 nitrogen and oxygen atoms in total. The maximum absolute atomic E-state index is 12.4. The molecule has 6 rings (SSSR count). The minimum Gasteiger partial charge on any atom is -0.472 e. The summed E-state index contributed by atoms with van der Waals surface area (Å²) in [7, 11) is 0. The van der Waals surface area contributed by atoms with Crippen LogP contribution in [-0.2, 0) is 4.79 Å². The molecule has 6 aromatic rings. The highest BCUT2D eigenvalue weighted by Gasteiger charge is 2.18. The first-order valence-corrected chi connectivity index (χ1v) is 11.9. The molecular formula is C28H25N7O2. The van der Waals surface area contributed by atoms with Gasteiger partial charge in [-0.1, -0.05) is 20.8 Å². The number of pyridine rings is 3. The van der Waals surface area contributed by atoms with Crippen LogP contribution in [0.3, 0.4) is 0 Å². The van der Waals surface area contributed by atoms with Gasteiger partial charge in [-0.2, -0.15) is 5.10 Å². The minimum atomic E-state index is -0.100. The van der Waals surface area contributed by atoms with E-state index in [0.717, 1.165) is 55.7 Å². The predicted octanol–water partition coefficient (Wildman–Crippen LogP) is 6.20. The number of amides is 1. The van der Waals surface area contributed by atoms with Gasteiger partial charge in [0, 0.05) is 40.7 Å². The van der Waals surface area contributed by atoms with Crippen molar-refractivity contribution in [1.29, 1.82) is 0 Å². The molecule has 0 bridgehead atoms. The summed E-state index contributed by atoms with van der Waals surface area (Å²) in [5.74, 6) is -0.0470. The lowest BCUT2D eigenvalue weighted by atomic mass is 9.92. The van der Waals surface area contributed by atoms with Crippen molar-refractivity contribution in [3.63, 3.8) is 0 Å². The van der Waals surface area contributed by atoms with Crippen molar-refractivity contribution in [2.24, 2.45) is 5.41 Å². The van der Waals surface area contributed by atoms with Gasteiger partial charge in [0.15, 0.2) is 0 Å². The van der Waals surface area contributed by atoms with Gasteiger partial charge in [0.2, 0.25) is 5.91 Å². The van der Waals surface area contributed by atoms with Gasteiger partial charge in [-0.05, 0) is 41.3 Å². The second-order valence-corrected chi connectivity index (χ2v) is 10.3. The standard InChI is InChI=1S/C28H25N7O2/c1-28(2,3)11-25(36)32-18-8-17(12-29-13-18)22-10-21-24(14-31-22)34-35-26(21)23-9-20-19(16-5-7-37-15-16)4-6-30-27(20)33-23/h4-10,12-15H,11H2,1-3H3,(H,30,33)(H,32,36)(H,34,35). The van der Waals surface area contributed by atoms with Crippen molar-refractivity contribution in [2.45, 2.75) is 27.2 Å². The third-order valence-electron chi connectivity index (χ3n) is 6.08. The topological polar surface area (TPSA) is 125 Å². The maximum Gasteiger partial charge on any atom is 0.224 e. The van der Waals surface area contributed by atoms with Gasteiger partial charge in [0.1, 0.15) is 11.3 Å². The lowest BCUT2D eigenvalue weighted by Crippen LogP contribution is -2.19. The highest BCUT2D eigenvalue weighted by molar-refractivity contribution is 6.00. The Bertz CT molecular complexity index is 1740.